The smallest absolute Gasteiger partial charge is 0.300 e. The van der Waals surface area contributed by atoms with Crippen molar-refractivity contribution in [2.45, 2.75) is 13.3 Å². The summed E-state index contributed by atoms with van der Waals surface area (Å²) in [6.07, 6.45) is 2.13. The zero-order valence-corrected chi connectivity index (χ0v) is 8.27. The van der Waals surface area contributed by atoms with Crippen molar-refractivity contribution in [1.29, 1.82) is 0 Å². The summed E-state index contributed by atoms with van der Waals surface area (Å²) in [4.78, 5) is 25.1. The second-order valence-electron chi connectivity index (χ2n) is 2.88. The standard InChI is InChI=1S/C9H11N3O3/c1-2-5-11-9(13)8-7(12(14)15)4-3-6-10-8/h3-4,6H,2,5H2,1H3,(H,11,13). The number of nitro groups is 1. The van der Waals surface area contributed by atoms with Crippen LogP contribution in [0.2, 0.25) is 0 Å². The van der Waals surface area contributed by atoms with Crippen molar-refractivity contribution in [1.82, 2.24) is 10.3 Å². The first-order valence-electron chi connectivity index (χ1n) is 4.54. The summed E-state index contributed by atoms with van der Waals surface area (Å²) in [7, 11) is 0. The van der Waals surface area contributed by atoms with Crippen LogP contribution in [-0.4, -0.2) is 22.4 Å². The first-order chi connectivity index (χ1) is 7.16. The number of amides is 1. The molecule has 0 aliphatic heterocycles. The van der Waals surface area contributed by atoms with Crippen molar-refractivity contribution in [3.63, 3.8) is 0 Å². The Morgan fingerprint density at radius 2 is 2.40 bits per heavy atom. The third kappa shape index (κ3) is 2.73. The minimum atomic E-state index is -0.617. The van der Waals surface area contributed by atoms with E-state index in [4.69, 9.17) is 0 Å². The summed E-state index contributed by atoms with van der Waals surface area (Å²) in [5, 5.41) is 13.1. The van der Waals surface area contributed by atoms with Gasteiger partial charge in [-0.1, -0.05) is 6.92 Å². The lowest BCUT2D eigenvalue weighted by Crippen LogP contribution is -2.25. The van der Waals surface area contributed by atoms with Crippen molar-refractivity contribution < 1.29 is 9.72 Å². The molecule has 80 valence electrons. The van der Waals surface area contributed by atoms with Gasteiger partial charge >= 0.3 is 5.69 Å². The highest BCUT2D eigenvalue weighted by Crippen LogP contribution is 2.14. The van der Waals surface area contributed by atoms with E-state index in [0.29, 0.717) is 6.54 Å². The van der Waals surface area contributed by atoms with Crippen LogP contribution in [-0.2, 0) is 0 Å². The number of pyridine rings is 1. The Balaban J connectivity index is 2.92. The molecule has 1 aromatic rings. The van der Waals surface area contributed by atoms with Crippen LogP contribution in [0.15, 0.2) is 18.3 Å². The quantitative estimate of drug-likeness (QED) is 0.595. The molecule has 15 heavy (non-hydrogen) atoms. The number of carbonyl (C=O) groups is 1. The molecule has 6 heteroatoms. The van der Waals surface area contributed by atoms with Gasteiger partial charge in [0.05, 0.1) is 4.92 Å². The van der Waals surface area contributed by atoms with Gasteiger partial charge in [0.1, 0.15) is 0 Å². The Hall–Kier alpha value is -1.98. The third-order valence-electron chi connectivity index (χ3n) is 1.73. The summed E-state index contributed by atoms with van der Waals surface area (Å²) < 4.78 is 0. The lowest BCUT2D eigenvalue weighted by atomic mass is 10.3. The molecule has 6 nitrogen and oxygen atoms in total. The number of hydrogen-bond acceptors (Lipinski definition) is 4. The molecule has 0 saturated heterocycles. The maximum Gasteiger partial charge on any atom is 0.300 e. The predicted molar refractivity (Wildman–Crippen MR) is 53.5 cm³/mol. The van der Waals surface area contributed by atoms with Crippen LogP contribution in [0.1, 0.15) is 23.8 Å². The van der Waals surface area contributed by atoms with Crippen LogP contribution < -0.4 is 5.32 Å². The Bertz CT molecular complexity index is 379. The predicted octanol–water partition coefficient (Wildman–Crippen LogP) is 1.13. The molecule has 1 amide bonds. The third-order valence-corrected chi connectivity index (χ3v) is 1.73. The highest BCUT2D eigenvalue weighted by Gasteiger charge is 2.20. The van der Waals surface area contributed by atoms with Gasteiger partial charge in [0.25, 0.3) is 5.91 Å². The van der Waals surface area contributed by atoms with E-state index in [1.807, 2.05) is 6.92 Å². The lowest BCUT2D eigenvalue weighted by Gasteiger charge is -2.02. The molecule has 0 fully saturated rings. The number of aromatic nitrogens is 1. The molecule has 0 saturated carbocycles. The number of nitrogens with one attached hydrogen (secondary N) is 1. The number of nitrogens with zero attached hydrogens (tertiary/aromatic N) is 2. The zero-order chi connectivity index (χ0) is 11.3. The van der Waals surface area contributed by atoms with E-state index in [1.165, 1.54) is 18.3 Å². The summed E-state index contributed by atoms with van der Waals surface area (Å²) in [6.45, 7) is 2.37. The summed E-state index contributed by atoms with van der Waals surface area (Å²) in [5.41, 5.74) is -0.415. The molecule has 0 atom stereocenters. The Morgan fingerprint density at radius 1 is 1.67 bits per heavy atom. The van der Waals surface area contributed by atoms with E-state index < -0.39 is 10.8 Å². The van der Waals surface area contributed by atoms with E-state index in [1.54, 1.807) is 0 Å². The van der Waals surface area contributed by atoms with Gasteiger partial charge in [-0.2, -0.15) is 0 Å². The second kappa shape index (κ2) is 5.04. The van der Waals surface area contributed by atoms with Crippen LogP contribution in [0.5, 0.6) is 0 Å². The van der Waals surface area contributed by atoms with Crippen molar-refractivity contribution in [2.24, 2.45) is 0 Å². The zero-order valence-electron chi connectivity index (χ0n) is 8.27. The maximum atomic E-state index is 11.5. The summed E-state index contributed by atoms with van der Waals surface area (Å²) in [6, 6.07) is 2.68. The molecule has 0 aliphatic carbocycles. The monoisotopic (exact) mass is 209 g/mol. The van der Waals surface area contributed by atoms with Gasteiger partial charge in [-0.3, -0.25) is 14.9 Å². The van der Waals surface area contributed by atoms with Gasteiger partial charge in [-0.05, 0) is 12.5 Å². The van der Waals surface area contributed by atoms with E-state index in [0.717, 1.165) is 6.42 Å². The van der Waals surface area contributed by atoms with Crippen molar-refractivity contribution >= 4 is 11.6 Å². The minimum absolute atomic E-state index is 0.143. The fourth-order valence-corrected chi connectivity index (χ4v) is 1.04. The van der Waals surface area contributed by atoms with Crippen LogP contribution in [0.4, 0.5) is 5.69 Å². The number of hydrogen-bond donors (Lipinski definition) is 1. The molecule has 0 bridgehead atoms. The molecular weight excluding hydrogens is 198 g/mol. The molecule has 1 aromatic heterocycles. The molecule has 1 heterocycles. The average molecular weight is 209 g/mol. The minimum Gasteiger partial charge on any atom is -0.350 e. The molecule has 1 rings (SSSR count). The topological polar surface area (TPSA) is 85.1 Å². The fourth-order valence-electron chi connectivity index (χ4n) is 1.04. The molecule has 0 spiro atoms. The van der Waals surface area contributed by atoms with Gasteiger partial charge in [0.2, 0.25) is 5.69 Å². The highest BCUT2D eigenvalue weighted by molar-refractivity contribution is 5.95. The number of rotatable bonds is 4. The van der Waals surface area contributed by atoms with Gasteiger partial charge in [0, 0.05) is 18.8 Å². The summed E-state index contributed by atoms with van der Waals surface area (Å²) in [5.74, 6) is -0.510. The van der Waals surface area contributed by atoms with Crippen LogP contribution >= 0.6 is 0 Å². The fraction of sp³-hybridized carbons (Fsp3) is 0.333. The maximum absolute atomic E-state index is 11.5. The van der Waals surface area contributed by atoms with Gasteiger partial charge < -0.3 is 5.32 Å². The lowest BCUT2D eigenvalue weighted by molar-refractivity contribution is -0.385. The van der Waals surface area contributed by atoms with Crippen molar-refractivity contribution in [3.8, 4) is 0 Å². The first-order valence-corrected chi connectivity index (χ1v) is 4.54. The molecular formula is C9H11N3O3. The van der Waals surface area contributed by atoms with E-state index >= 15 is 0 Å². The molecule has 0 radical (unpaired) electrons. The van der Waals surface area contributed by atoms with Gasteiger partial charge in [-0.25, -0.2) is 4.98 Å². The van der Waals surface area contributed by atoms with Crippen molar-refractivity contribution in [3.05, 3.63) is 34.1 Å². The van der Waals surface area contributed by atoms with Crippen LogP contribution in [0, 0.1) is 10.1 Å². The summed E-state index contributed by atoms with van der Waals surface area (Å²) >= 11 is 0. The van der Waals surface area contributed by atoms with Gasteiger partial charge in [-0.15, -0.1) is 0 Å². The average Bonchev–Trinajstić information content (AvgIpc) is 2.25. The second-order valence-corrected chi connectivity index (χ2v) is 2.88. The van der Waals surface area contributed by atoms with Crippen LogP contribution in [0.3, 0.4) is 0 Å². The van der Waals surface area contributed by atoms with Gasteiger partial charge in [0.15, 0.2) is 0 Å². The first kappa shape index (κ1) is 11.1. The van der Waals surface area contributed by atoms with Crippen LogP contribution in [0.25, 0.3) is 0 Å². The molecule has 1 N–H and O–H groups in total. The Kier molecular flexibility index (Phi) is 3.73. The van der Waals surface area contributed by atoms with E-state index in [2.05, 4.69) is 10.3 Å². The molecule has 0 unspecified atom stereocenters. The normalized spacial score (nSPS) is 9.67. The Morgan fingerprint density at radius 3 is 3.00 bits per heavy atom. The van der Waals surface area contributed by atoms with E-state index in [9.17, 15) is 14.9 Å². The molecule has 0 aromatic carbocycles. The Labute approximate surface area is 86.5 Å². The molecule has 0 aliphatic rings. The van der Waals surface area contributed by atoms with E-state index in [-0.39, 0.29) is 11.4 Å². The SMILES string of the molecule is CCCNC(=O)c1ncccc1[N+](=O)[O-]. The largest absolute Gasteiger partial charge is 0.350 e. The highest BCUT2D eigenvalue weighted by atomic mass is 16.6. The van der Waals surface area contributed by atoms with Crippen molar-refractivity contribution in [2.75, 3.05) is 6.54 Å². The number of carbonyl (C=O) groups excluding carboxylic acids is 1.